The minimum atomic E-state index is -1.43. The Labute approximate surface area is 518 Å². The van der Waals surface area contributed by atoms with Crippen molar-refractivity contribution < 1.29 is 48.5 Å². The second-order valence-corrected chi connectivity index (χ2v) is 25.6. The van der Waals surface area contributed by atoms with Crippen LogP contribution in [0, 0.1) is 12.8 Å². The van der Waals surface area contributed by atoms with Crippen LogP contribution < -0.4 is 38.5 Å². The summed E-state index contributed by atoms with van der Waals surface area (Å²) in [7, 11) is 0. The van der Waals surface area contributed by atoms with Crippen LogP contribution in [0.25, 0.3) is 43.4 Å². The summed E-state index contributed by atoms with van der Waals surface area (Å²) < 4.78 is 5.95. The maximum absolute atomic E-state index is 15.5. The summed E-state index contributed by atoms with van der Waals surface area (Å²) in [6, 6.07) is 13.5. The van der Waals surface area contributed by atoms with E-state index >= 15 is 4.79 Å². The lowest BCUT2D eigenvalue weighted by Crippen LogP contribution is -2.50. The number of benzene rings is 2. The molecule has 7 aromatic heterocycles. The molecule has 2 aliphatic rings. The van der Waals surface area contributed by atoms with E-state index in [9.17, 15) is 39.0 Å². The number of hydrogen-bond acceptors (Lipinski definition) is 24. The fraction of sp³-hybridized carbons (Fsp3) is 0.250. The van der Waals surface area contributed by atoms with Crippen LogP contribution in [0.15, 0.2) is 93.6 Å². The number of rotatable bonds is 11. The number of carbonyl (C=O) groups is 7. The standard InChI is InChI=1S/C56H51N15O10S6/c1-24-38(81-56(80)60-15-14-57)18-71-43(24)54-68-37(23-86-54)51-64-33(19-83-51)41-29(12-13-30(61-41)50-65-34(20-84-50)45(59)75)49-66-35(21-82-49)46(76)62-31(17-39(58)73)52-70-40(25(2)87-52)48(78)69-42(44(74)27-6-4-3-5-7-27)53-67-36(22-85-53)47(77)63-32(55(71)79)16-26-8-10-28(72)11-9-26/h3-13,19-24,31-32,38,42-44,72,74H,14-18,57H2,1-2H3,(H2,58,73)(H2,59,75)(H,60,80)(H,62,76)(H,63,77)(H,69,78)/t24-,31-,32-,38-,42-,43+,44+/m0/s1. The van der Waals surface area contributed by atoms with Gasteiger partial charge in [-0.1, -0.05) is 49.4 Å². The number of fused-ring (bicyclic) bond motifs is 16. The zero-order chi connectivity index (χ0) is 61.2. The highest BCUT2D eigenvalue weighted by Gasteiger charge is 2.48. The number of carbonyl (C=O) groups excluding carboxylic acids is 7. The molecule has 1 saturated heterocycles. The molecule has 446 valence electrons. The van der Waals surface area contributed by atoms with Gasteiger partial charge in [-0.15, -0.1) is 68.0 Å². The van der Waals surface area contributed by atoms with Gasteiger partial charge in [-0.05, 0) is 42.3 Å². The van der Waals surface area contributed by atoms with Crippen molar-refractivity contribution in [3.8, 4) is 49.1 Å². The molecule has 25 nitrogen and oxygen atoms in total. The number of phenols is 1. The van der Waals surface area contributed by atoms with Crippen molar-refractivity contribution in [1.82, 2.24) is 61.1 Å². The first-order valence-corrected chi connectivity index (χ1v) is 31.8. The van der Waals surface area contributed by atoms with Gasteiger partial charge >= 0.3 is 6.09 Å². The van der Waals surface area contributed by atoms with Crippen molar-refractivity contribution in [2.24, 2.45) is 23.1 Å². The molecule has 0 spiro atoms. The molecule has 31 heteroatoms. The van der Waals surface area contributed by atoms with Crippen molar-refractivity contribution in [2.45, 2.75) is 63.1 Å². The van der Waals surface area contributed by atoms with Gasteiger partial charge in [0.2, 0.25) is 11.8 Å². The minimum absolute atomic E-state index is 0.0248. The van der Waals surface area contributed by atoms with Crippen LogP contribution in [-0.4, -0.2) is 123 Å². The number of aromatic nitrogens is 7. The summed E-state index contributed by atoms with van der Waals surface area (Å²) in [5.41, 5.74) is 19.7. The number of nitrogens with two attached hydrogens (primary N) is 3. The topological polar surface area (TPSA) is 389 Å². The summed E-state index contributed by atoms with van der Waals surface area (Å²) in [6.07, 6.45) is -3.54. The first-order chi connectivity index (χ1) is 41.9. The van der Waals surface area contributed by atoms with Crippen LogP contribution in [0.4, 0.5) is 4.79 Å². The Balaban J connectivity index is 1.03. The number of ether oxygens (including phenoxy) is 1. The summed E-state index contributed by atoms with van der Waals surface area (Å²) in [4.78, 5) is 132. The molecule has 2 aliphatic heterocycles. The molecule has 7 atom stereocenters. The third-order valence-electron chi connectivity index (χ3n) is 14.1. The van der Waals surface area contributed by atoms with Crippen LogP contribution in [0.2, 0.25) is 0 Å². The summed E-state index contributed by atoms with van der Waals surface area (Å²) in [6.45, 7) is 3.61. The van der Waals surface area contributed by atoms with Gasteiger partial charge in [0.15, 0.2) is 0 Å². The number of primary amides is 2. The molecular weight excluding hydrogens is 1240 g/mol. The molecule has 0 unspecified atom stereocenters. The Hall–Kier alpha value is -8.82. The highest BCUT2D eigenvalue weighted by Crippen LogP contribution is 2.44. The number of aliphatic hydroxyl groups excluding tert-OH is 1. The first-order valence-electron chi connectivity index (χ1n) is 26.6. The molecule has 10 bridgehead atoms. The van der Waals surface area contributed by atoms with Crippen LogP contribution in [0.3, 0.4) is 0 Å². The molecule has 2 aromatic carbocycles. The lowest BCUT2D eigenvalue weighted by atomic mass is 10.00. The predicted molar refractivity (Wildman–Crippen MR) is 326 cm³/mol. The number of aromatic hydroxyl groups is 1. The third kappa shape index (κ3) is 13.0. The van der Waals surface area contributed by atoms with E-state index in [1.165, 1.54) is 55.8 Å². The zero-order valence-corrected chi connectivity index (χ0v) is 50.6. The Bertz CT molecular complexity index is 4090. The molecule has 9 heterocycles. The molecule has 11 rings (SSSR count). The number of aryl methyl sites for hydroxylation is 1. The average molecular weight is 1290 g/mol. The van der Waals surface area contributed by atoms with Crippen LogP contribution >= 0.6 is 68.0 Å². The summed E-state index contributed by atoms with van der Waals surface area (Å²) in [5.74, 6) is -4.91. The Kier molecular flexibility index (Phi) is 17.6. The third-order valence-corrected chi connectivity index (χ3v) is 19.6. The number of hydrogen-bond donors (Lipinski definition) is 9. The summed E-state index contributed by atoms with van der Waals surface area (Å²) in [5, 5.41) is 43.4. The lowest BCUT2D eigenvalue weighted by Gasteiger charge is -2.29. The molecule has 0 radical (unpaired) electrons. The monoisotopic (exact) mass is 1290 g/mol. The number of nitrogens with one attached hydrogen (secondary N) is 4. The van der Waals surface area contributed by atoms with E-state index < -0.39 is 90.3 Å². The molecule has 0 saturated carbocycles. The molecule has 1 fully saturated rings. The van der Waals surface area contributed by atoms with E-state index in [0.29, 0.717) is 64.4 Å². The van der Waals surface area contributed by atoms with E-state index in [2.05, 4.69) is 36.2 Å². The van der Waals surface area contributed by atoms with Gasteiger partial charge in [0.25, 0.3) is 23.6 Å². The van der Waals surface area contributed by atoms with Crippen LogP contribution in [0.1, 0.15) is 111 Å². The normalized spacial score (nSPS) is 19.3. The van der Waals surface area contributed by atoms with Crippen molar-refractivity contribution in [3.63, 3.8) is 0 Å². The second kappa shape index (κ2) is 25.6. The van der Waals surface area contributed by atoms with Crippen molar-refractivity contribution >= 4 is 110 Å². The van der Waals surface area contributed by atoms with Gasteiger partial charge < -0.3 is 58.3 Å². The quantitative estimate of drug-likeness (QED) is 0.0708. The maximum Gasteiger partial charge on any atom is 0.407 e. The highest BCUT2D eigenvalue weighted by atomic mass is 32.1. The predicted octanol–water partition coefficient (Wildman–Crippen LogP) is 6.08. The van der Waals surface area contributed by atoms with E-state index in [0.717, 1.165) is 45.3 Å². The molecule has 12 N–H and O–H groups in total. The van der Waals surface area contributed by atoms with Gasteiger partial charge in [0.1, 0.15) is 99.9 Å². The van der Waals surface area contributed by atoms with Gasteiger partial charge in [0, 0.05) is 62.8 Å². The van der Waals surface area contributed by atoms with E-state index in [-0.39, 0.29) is 64.6 Å². The highest BCUT2D eigenvalue weighted by molar-refractivity contribution is 7.15. The Morgan fingerprint density at radius 1 is 0.701 bits per heavy atom. The smallest absolute Gasteiger partial charge is 0.407 e. The minimum Gasteiger partial charge on any atom is -0.508 e. The van der Waals surface area contributed by atoms with Gasteiger partial charge in [-0.3, -0.25) is 28.8 Å². The van der Waals surface area contributed by atoms with E-state index in [1.54, 1.807) is 72.3 Å². The zero-order valence-electron chi connectivity index (χ0n) is 45.7. The van der Waals surface area contributed by atoms with Crippen LogP contribution in [-0.2, 0) is 20.7 Å². The molecule has 0 aliphatic carbocycles. The van der Waals surface area contributed by atoms with E-state index in [4.69, 9.17) is 41.9 Å². The van der Waals surface area contributed by atoms with E-state index in [1.807, 2.05) is 6.92 Å². The molecule has 7 amide bonds. The number of thiazole rings is 6. The van der Waals surface area contributed by atoms with Gasteiger partial charge in [0.05, 0.1) is 30.7 Å². The van der Waals surface area contributed by atoms with Crippen LogP contribution in [0.5, 0.6) is 5.75 Å². The summed E-state index contributed by atoms with van der Waals surface area (Å²) >= 11 is 6.79. The molecule has 9 aromatic rings. The van der Waals surface area contributed by atoms with Gasteiger partial charge in [-0.2, -0.15) is 0 Å². The first kappa shape index (κ1) is 59.9. The maximum atomic E-state index is 15.5. The number of amides is 7. The lowest BCUT2D eigenvalue weighted by molar-refractivity contribution is -0.134. The largest absolute Gasteiger partial charge is 0.508 e. The second-order valence-electron chi connectivity index (χ2n) is 20.0. The van der Waals surface area contributed by atoms with Crippen molar-refractivity contribution in [1.29, 1.82) is 0 Å². The molecule has 87 heavy (non-hydrogen) atoms. The van der Waals surface area contributed by atoms with Crippen molar-refractivity contribution in [2.75, 3.05) is 19.6 Å². The number of alkyl carbamates (subject to hydrolysis) is 1. The number of phenolic OH excluding ortho intramolecular Hbond substituents is 1. The van der Waals surface area contributed by atoms with Crippen molar-refractivity contribution in [3.05, 3.63) is 147 Å². The Morgan fingerprint density at radius 3 is 2.09 bits per heavy atom. The number of nitrogens with zero attached hydrogens (tertiary/aromatic N) is 8. The average Bonchev–Trinajstić information content (AvgIpc) is 1.86. The Morgan fingerprint density at radius 2 is 1.36 bits per heavy atom. The SMILES string of the molecule is Cc1sc2nc1C(=O)N[C@@H]([C@H](O)c1ccccc1)c1nc(cs1)C(=O)N[C@@H](Cc1ccc(O)cc1)C(=O)N1C[C@H](OC(=O)NCCN)[C@H](C)[C@@H]1c1nc(cs1)-c1nc(cs1)-c1nc(-c3nc(C(N)=O)cs3)ccc1-c1nc(cs1)C(=O)N[C@H]2CC(N)=O. The number of pyridine rings is 1. The van der Waals surface area contributed by atoms with Gasteiger partial charge in [-0.25, -0.2) is 39.7 Å². The fourth-order valence-electron chi connectivity index (χ4n) is 9.79. The number of aliphatic hydroxyl groups is 1. The molecular formula is C56H51N15O10S6. The fourth-order valence-corrected chi connectivity index (χ4v) is 15.1.